The Balaban J connectivity index is 2.13. The van der Waals surface area contributed by atoms with Crippen molar-refractivity contribution in [2.75, 3.05) is 5.32 Å². The summed E-state index contributed by atoms with van der Waals surface area (Å²) in [6.45, 7) is 9.60. The summed E-state index contributed by atoms with van der Waals surface area (Å²) in [6.07, 6.45) is -0.483. The van der Waals surface area contributed by atoms with Crippen molar-refractivity contribution in [2.24, 2.45) is 0 Å². The molecule has 4 nitrogen and oxygen atoms in total. The summed E-state index contributed by atoms with van der Waals surface area (Å²) >= 11 is 1.39. The number of rotatable bonds is 2. The van der Waals surface area contributed by atoms with Gasteiger partial charge in [0.05, 0.1) is 5.69 Å². The molecule has 1 heterocycles. The van der Waals surface area contributed by atoms with Crippen LogP contribution in [0.4, 0.5) is 9.93 Å². The van der Waals surface area contributed by atoms with Crippen LogP contribution in [0.2, 0.25) is 0 Å². The Morgan fingerprint density at radius 1 is 1.19 bits per heavy atom. The maximum Gasteiger partial charge on any atom is 0.413 e. The molecular formula is C16H20N2O2S. The predicted molar refractivity (Wildman–Crippen MR) is 86.9 cm³/mol. The van der Waals surface area contributed by atoms with Crippen molar-refractivity contribution in [1.29, 1.82) is 0 Å². The highest BCUT2D eigenvalue weighted by Gasteiger charge is 2.17. The van der Waals surface area contributed by atoms with Gasteiger partial charge in [-0.2, -0.15) is 0 Å². The van der Waals surface area contributed by atoms with Gasteiger partial charge in [0.15, 0.2) is 5.13 Å². The van der Waals surface area contributed by atoms with Gasteiger partial charge in [-0.1, -0.05) is 17.2 Å². The molecule has 2 rings (SSSR count). The van der Waals surface area contributed by atoms with Gasteiger partial charge in [0.2, 0.25) is 0 Å². The van der Waals surface area contributed by atoms with Gasteiger partial charge >= 0.3 is 6.09 Å². The van der Waals surface area contributed by atoms with Gasteiger partial charge < -0.3 is 4.74 Å². The van der Waals surface area contributed by atoms with E-state index in [2.05, 4.69) is 42.3 Å². The van der Waals surface area contributed by atoms with Crippen LogP contribution in [0.5, 0.6) is 0 Å². The fourth-order valence-electron chi connectivity index (χ4n) is 1.98. The molecule has 1 aromatic heterocycles. The molecule has 5 heteroatoms. The lowest BCUT2D eigenvalue weighted by atomic mass is 10.1. The van der Waals surface area contributed by atoms with E-state index in [1.165, 1.54) is 22.5 Å². The second-order valence-corrected chi connectivity index (χ2v) is 6.90. The van der Waals surface area contributed by atoms with Gasteiger partial charge in [0.1, 0.15) is 5.60 Å². The smallest absolute Gasteiger partial charge is 0.413 e. The van der Waals surface area contributed by atoms with Crippen LogP contribution < -0.4 is 5.32 Å². The molecule has 21 heavy (non-hydrogen) atoms. The number of aryl methyl sites for hydroxylation is 2. The zero-order valence-electron chi connectivity index (χ0n) is 13.0. The molecule has 0 radical (unpaired) electrons. The largest absolute Gasteiger partial charge is 0.444 e. The van der Waals surface area contributed by atoms with Crippen molar-refractivity contribution in [3.05, 3.63) is 34.7 Å². The molecule has 0 atom stereocenters. The standard InChI is InChI=1S/C16H20N2O2S/c1-10-6-11(2)8-12(7-10)13-9-21-14(17-13)18-15(19)20-16(3,4)5/h6-9H,1-5H3,(H,17,18,19). The van der Waals surface area contributed by atoms with E-state index >= 15 is 0 Å². The Hall–Kier alpha value is -1.88. The monoisotopic (exact) mass is 304 g/mol. The van der Waals surface area contributed by atoms with E-state index in [1.807, 2.05) is 26.2 Å². The highest BCUT2D eigenvalue weighted by Crippen LogP contribution is 2.26. The van der Waals surface area contributed by atoms with Crippen molar-refractivity contribution in [3.8, 4) is 11.3 Å². The Morgan fingerprint density at radius 2 is 1.81 bits per heavy atom. The summed E-state index contributed by atoms with van der Waals surface area (Å²) in [5, 5.41) is 5.14. The number of aromatic nitrogens is 1. The lowest BCUT2D eigenvalue weighted by Crippen LogP contribution is -2.27. The number of benzene rings is 1. The first-order chi connectivity index (χ1) is 9.73. The lowest BCUT2D eigenvalue weighted by Gasteiger charge is -2.18. The Kier molecular flexibility index (Phi) is 4.32. The Bertz CT molecular complexity index is 636. The van der Waals surface area contributed by atoms with E-state index in [1.54, 1.807) is 0 Å². The minimum Gasteiger partial charge on any atom is -0.444 e. The zero-order chi connectivity index (χ0) is 15.6. The normalized spacial score (nSPS) is 11.3. The molecule has 0 spiro atoms. The summed E-state index contributed by atoms with van der Waals surface area (Å²) in [5.74, 6) is 0. The molecule has 2 aromatic rings. The van der Waals surface area contributed by atoms with Gasteiger partial charge in [-0.05, 0) is 46.8 Å². The molecule has 0 aliphatic heterocycles. The molecule has 1 aromatic carbocycles. The molecular weight excluding hydrogens is 284 g/mol. The lowest BCUT2D eigenvalue weighted by molar-refractivity contribution is 0.0636. The zero-order valence-corrected chi connectivity index (χ0v) is 13.8. The van der Waals surface area contributed by atoms with Crippen LogP contribution in [0.15, 0.2) is 23.6 Å². The van der Waals surface area contributed by atoms with Gasteiger partial charge in [-0.3, -0.25) is 5.32 Å². The van der Waals surface area contributed by atoms with Crippen molar-refractivity contribution in [3.63, 3.8) is 0 Å². The number of anilines is 1. The van der Waals surface area contributed by atoms with E-state index in [0.717, 1.165) is 11.3 Å². The summed E-state index contributed by atoms with van der Waals surface area (Å²) in [4.78, 5) is 16.2. The van der Waals surface area contributed by atoms with E-state index in [0.29, 0.717) is 5.13 Å². The third-order valence-electron chi connectivity index (χ3n) is 2.63. The first-order valence-corrected chi connectivity index (χ1v) is 7.65. The highest BCUT2D eigenvalue weighted by molar-refractivity contribution is 7.14. The number of carbonyl (C=O) groups excluding carboxylic acids is 1. The molecule has 0 saturated heterocycles. The third-order valence-corrected chi connectivity index (χ3v) is 3.39. The van der Waals surface area contributed by atoms with Crippen molar-refractivity contribution < 1.29 is 9.53 Å². The molecule has 1 N–H and O–H groups in total. The first-order valence-electron chi connectivity index (χ1n) is 6.77. The molecule has 0 saturated carbocycles. The number of nitrogens with zero attached hydrogens (tertiary/aromatic N) is 1. The molecule has 0 fully saturated rings. The average Bonchev–Trinajstić information content (AvgIpc) is 2.73. The Morgan fingerprint density at radius 3 is 2.38 bits per heavy atom. The van der Waals surface area contributed by atoms with Gasteiger partial charge in [0.25, 0.3) is 0 Å². The second-order valence-electron chi connectivity index (χ2n) is 6.04. The fourth-order valence-corrected chi connectivity index (χ4v) is 2.68. The number of amides is 1. The summed E-state index contributed by atoms with van der Waals surface area (Å²) in [7, 11) is 0. The van der Waals surface area contributed by atoms with Crippen molar-refractivity contribution >= 4 is 22.6 Å². The molecule has 1 amide bonds. The summed E-state index contributed by atoms with van der Waals surface area (Å²) < 4.78 is 5.21. The van der Waals surface area contributed by atoms with Crippen LogP contribution >= 0.6 is 11.3 Å². The quantitative estimate of drug-likeness (QED) is 0.869. The Labute approximate surface area is 129 Å². The molecule has 0 aliphatic rings. The molecule has 0 bridgehead atoms. The van der Waals surface area contributed by atoms with E-state index < -0.39 is 11.7 Å². The van der Waals surface area contributed by atoms with Crippen LogP contribution in [0.25, 0.3) is 11.3 Å². The minimum atomic E-state index is -0.516. The van der Waals surface area contributed by atoms with E-state index in [-0.39, 0.29) is 0 Å². The maximum atomic E-state index is 11.7. The van der Waals surface area contributed by atoms with Gasteiger partial charge in [0, 0.05) is 10.9 Å². The number of ether oxygens (including phenoxy) is 1. The highest BCUT2D eigenvalue weighted by atomic mass is 32.1. The average molecular weight is 304 g/mol. The van der Waals surface area contributed by atoms with E-state index in [4.69, 9.17) is 4.74 Å². The molecule has 0 unspecified atom stereocenters. The van der Waals surface area contributed by atoms with Crippen molar-refractivity contribution in [1.82, 2.24) is 4.98 Å². The van der Waals surface area contributed by atoms with E-state index in [9.17, 15) is 4.79 Å². The number of nitrogens with one attached hydrogen (secondary N) is 1. The topological polar surface area (TPSA) is 51.2 Å². The SMILES string of the molecule is Cc1cc(C)cc(-c2csc(NC(=O)OC(C)(C)C)n2)c1. The fraction of sp³-hybridized carbons (Fsp3) is 0.375. The second kappa shape index (κ2) is 5.85. The summed E-state index contributed by atoms with van der Waals surface area (Å²) in [5.41, 5.74) is 3.79. The van der Waals surface area contributed by atoms with Gasteiger partial charge in [-0.25, -0.2) is 9.78 Å². The minimum absolute atomic E-state index is 0.483. The van der Waals surface area contributed by atoms with Crippen LogP contribution in [-0.2, 0) is 4.74 Å². The van der Waals surface area contributed by atoms with Crippen LogP contribution in [0.1, 0.15) is 31.9 Å². The van der Waals surface area contributed by atoms with Crippen LogP contribution in [0, 0.1) is 13.8 Å². The maximum absolute atomic E-state index is 11.7. The van der Waals surface area contributed by atoms with Crippen molar-refractivity contribution in [2.45, 2.75) is 40.2 Å². The number of carbonyl (C=O) groups is 1. The third kappa shape index (κ3) is 4.56. The number of thiazole rings is 1. The first kappa shape index (κ1) is 15.5. The van der Waals surface area contributed by atoms with Crippen LogP contribution in [0.3, 0.4) is 0 Å². The van der Waals surface area contributed by atoms with Crippen LogP contribution in [-0.4, -0.2) is 16.7 Å². The molecule has 0 aliphatic carbocycles. The molecule has 112 valence electrons. The summed E-state index contributed by atoms with van der Waals surface area (Å²) in [6, 6.07) is 6.29. The predicted octanol–water partition coefficient (Wildman–Crippen LogP) is 4.77. The van der Waals surface area contributed by atoms with Gasteiger partial charge in [-0.15, -0.1) is 11.3 Å². The number of hydrogen-bond donors (Lipinski definition) is 1. The number of hydrogen-bond acceptors (Lipinski definition) is 4.